The molecule has 0 radical (unpaired) electrons. The summed E-state index contributed by atoms with van der Waals surface area (Å²) in [7, 11) is -0.357. The first kappa shape index (κ1) is 20.0. The lowest BCUT2D eigenvalue weighted by atomic mass is 10.2. The largest absolute Gasteiger partial charge is 0.497 e. The molecule has 0 bridgehead atoms. The standard InChI is InChI=1S/C17H19BrClNO4S/c1-23-15-5-3-13(17(10-15)24-2)11-20-25(21,22)8-7-12-9-14(19)4-6-16(12)18/h3-6,9-10,20H,7-8,11H2,1-2H3. The van der Waals surface area contributed by atoms with Crippen LogP contribution in [0.3, 0.4) is 0 Å². The van der Waals surface area contributed by atoms with Crippen molar-refractivity contribution in [1.29, 1.82) is 0 Å². The predicted molar refractivity (Wildman–Crippen MR) is 103 cm³/mol. The number of aryl methyl sites for hydroxylation is 1. The summed E-state index contributed by atoms with van der Waals surface area (Å²) in [4.78, 5) is 0. The molecular formula is C17H19BrClNO4S. The van der Waals surface area contributed by atoms with Crippen LogP contribution in [-0.4, -0.2) is 28.4 Å². The van der Waals surface area contributed by atoms with Gasteiger partial charge in [0.05, 0.1) is 20.0 Å². The molecule has 5 nitrogen and oxygen atoms in total. The van der Waals surface area contributed by atoms with E-state index < -0.39 is 10.0 Å². The van der Waals surface area contributed by atoms with Crippen molar-refractivity contribution in [2.75, 3.05) is 20.0 Å². The van der Waals surface area contributed by atoms with Gasteiger partial charge in [-0.3, -0.25) is 0 Å². The van der Waals surface area contributed by atoms with Gasteiger partial charge in [0.15, 0.2) is 0 Å². The summed E-state index contributed by atoms with van der Waals surface area (Å²) >= 11 is 9.36. The van der Waals surface area contributed by atoms with Crippen LogP contribution in [0.4, 0.5) is 0 Å². The Balaban J connectivity index is 2.01. The summed E-state index contributed by atoms with van der Waals surface area (Å²) < 4.78 is 38.4. The van der Waals surface area contributed by atoms with E-state index in [4.69, 9.17) is 21.1 Å². The second-order valence-electron chi connectivity index (χ2n) is 5.30. The van der Waals surface area contributed by atoms with Crippen molar-refractivity contribution in [2.45, 2.75) is 13.0 Å². The first-order chi connectivity index (χ1) is 11.8. The molecule has 0 heterocycles. The molecule has 0 aliphatic carbocycles. The Hall–Kier alpha value is -1.28. The van der Waals surface area contributed by atoms with Gasteiger partial charge in [0.1, 0.15) is 11.5 Å². The van der Waals surface area contributed by atoms with Crippen LogP contribution in [0.15, 0.2) is 40.9 Å². The minimum atomic E-state index is -3.45. The van der Waals surface area contributed by atoms with E-state index in [2.05, 4.69) is 20.7 Å². The van der Waals surface area contributed by atoms with E-state index in [1.165, 1.54) is 7.11 Å². The van der Waals surface area contributed by atoms with E-state index in [0.717, 1.165) is 15.6 Å². The van der Waals surface area contributed by atoms with E-state index in [-0.39, 0.29) is 12.3 Å². The average Bonchev–Trinajstić information content (AvgIpc) is 2.60. The molecule has 2 rings (SSSR count). The van der Waals surface area contributed by atoms with Crippen LogP contribution >= 0.6 is 27.5 Å². The molecule has 1 N–H and O–H groups in total. The van der Waals surface area contributed by atoms with Gasteiger partial charge in [0.25, 0.3) is 0 Å². The molecule has 0 saturated carbocycles. The molecule has 0 aliphatic rings. The summed E-state index contributed by atoms with van der Waals surface area (Å²) in [6.45, 7) is 0.145. The van der Waals surface area contributed by atoms with E-state index in [1.807, 2.05) is 0 Å². The van der Waals surface area contributed by atoms with Crippen LogP contribution in [0.5, 0.6) is 11.5 Å². The highest BCUT2D eigenvalue weighted by Gasteiger charge is 2.14. The highest BCUT2D eigenvalue weighted by Crippen LogP contribution is 2.25. The second kappa shape index (κ2) is 8.89. The number of halogens is 2. The zero-order chi connectivity index (χ0) is 18.4. The van der Waals surface area contributed by atoms with Crippen molar-refractivity contribution in [3.05, 3.63) is 57.0 Å². The predicted octanol–water partition coefficient (Wildman–Crippen LogP) is 3.78. The summed E-state index contributed by atoms with van der Waals surface area (Å²) in [5, 5.41) is 0.575. The highest BCUT2D eigenvalue weighted by molar-refractivity contribution is 9.10. The second-order valence-corrected chi connectivity index (χ2v) is 8.52. The van der Waals surface area contributed by atoms with Crippen LogP contribution in [0.2, 0.25) is 5.02 Å². The Morgan fingerprint density at radius 2 is 1.84 bits per heavy atom. The van der Waals surface area contributed by atoms with Gasteiger partial charge in [-0.1, -0.05) is 33.6 Å². The number of hydrogen-bond donors (Lipinski definition) is 1. The van der Waals surface area contributed by atoms with Crippen LogP contribution in [0, 0.1) is 0 Å². The molecule has 0 spiro atoms. The summed E-state index contributed by atoms with van der Waals surface area (Å²) in [5.41, 5.74) is 1.58. The van der Waals surface area contributed by atoms with Gasteiger partial charge in [-0.25, -0.2) is 13.1 Å². The zero-order valence-corrected chi connectivity index (χ0v) is 17.0. The third-order valence-corrected chi connectivity index (χ3v) is 5.96. The molecule has 8 heteroatoms. The molecule has 0 aromatic heterocycles. The third kappa shape index (κ3) is 5.88. The number of nitrogens with one attached hydrogen (secondary N) is 1. The highest BCUT2D eigenvalue weighted by atomic mass is 79.9. The number of methoxy groups -OCH3 is 2. The monoisotopic (exact) mass is 447 g/mol. The fraction of sp³-hybridized carbons (Fsp3) is 0.294. The average molecular weight is 449 g/mol. The molecule has 136 valence electrons. The summed E-state index contributed by atoms with van der Waals surface area (Å²) in [6.07, 6.45) is 0.357. The Labute approximate surface area is 161 Å². The lowest BCUT2D eigenvalue weighted by Gasteiger charge is -2.12. The van der Waals surface area contributed by atoms with Crippen LogP contribution in [0.1, 0.15) is 11.1 Å². The quantitative estimate of drug-likeness (QED) is 0.667. The molecule has 2 aromatic carbocycles. The van der Waals surface area contributed by atoms with Gasteiger partial charge in [0.2, 0.25) is 10.0 Å². The molecule has 0 atom stereocenters. The van der Waals surface area contributed by atoms with E-state index in [1.54, 1.807) is 43.5 Å². The minimum absolute atomic E-state index is 0.0373. The smallest absolute Gasteiger partial charge is 0.212 e. The first-order valence-corrected chi connectivity index (χ1v) is 10.3. The van der Waals surface area contributed by atoms with Gasteiger partial charge in [-0.2, -0.15) is 0 Å². The normalized spacial score (nSPS) is 11.4. The summed E-state index contributed by atoms with van der Waals surface area (Å²) in [6, 6.07) is 10.6. The number of benzene rings is 2. The molecule has 0 unspecified atom stereocenters. The minimum Gasteiger partial charge on any atom is -0.497 e. The van der Waals surface area contributed by atoms with Crippen molar-refractivity contribution in [1.82, 2.24) is 4.72 Å². The topological polar surface area (TPSA) is 64.6 Å². The number of rotatable bonds is 8. The van der Waals surface area contributed by atoms with Gasteiger partial charge in [-0.15, -0.1) is 0 Å². The van der Waals surface area contributed by atoms with Gasteiger partial charge < -0.3 is 9.47 Å². The van der Waals surface area contributed by atoms with Gasteiger partial charge >= 0.3 is 0 Å². The lowest BCUT2D eigenvalue weighted by Crippen LogP contribution is -2.27. The number of ether oxygens (including phenoxy) is 2. The molecule has 25 heavy (non-hydrogen) atoms. The van der Waals surface area contributed by atoms with Crippen molar-refractivity contribution in [3.63, 3.8) is 0 Å². The Morgan fingerprint density at radius 1 is 1.08 bits per heavy atom. The van der Waals surface area contributed by atoms with Crippen LogP contribution < -0.4 is 14.2 Å². The fourth-order valence-corrected chi connectivity index (χ4v) is 3.88. The molecule has 0 fully saturated rings. The van der Waals surface area contributed by atoms with E-state index >= 15 is 0 Å². The first-order valence-electron chi connectivity index (χ1n) is 7.47. The number of sulfonamides is 1. The molecule has 0 saturated heterocycles. The molecular weight excluding hydrogens is 430 g/mol. The maximum absolute atomic E-state index is 12.3. The lowest BCUT2D eigenvalue weighted by molar-refractivity contribution is 0.390. The molecule has 0 aliphatic heterocycles. The Bertz CT molecular complexity index is 843. The van der Waals surface area contributed by atoms with Crippen molar-refractivity contribution < 1.29 is 17.9 Å². The van der Waals surface area contributed by atoms with Crippen molar-refractivity contribution in [2.24, 2.45) is 0 Å². The maximum Gasteiger partial charge on any atom is 0.212 e. The SMILES string of the molecule is COc1ccc(CNS(=O)(=O)CCc2cc(Cl)ccc2Br)c(OC)c1. The molecule has 0 amide bonds. The maximum atomic E-state index is 12.3. The zero-order valence-electron chi connectivity index (χ0n) is 13.9. The van der Waals surface area contributed by atoms with Crippen LogP contribution in [0.25, 0.3) is 0 Å². The molecule has 2 aromatic rings. The number of hydrogen-bond acceptors (Lipinski definition) is 4. The van der Waals surface area contributed by atoms with E-state index in [0.29, 0.717) is 22.9 Å². The fourth-order valence-electron chi connectivity index (χ4n) is 2.24. The van der Waals surface area contributed by atoms with Crippen LogP contribution in [-0.2, 0) is 23.0 Å². The van der Waals surface area contributed by atoms with Crippen molar-refractivity contribution >= 4 is 37.6 Å². The third-order valence-electron chi connectivity index (χ3n) is 3.62. The summed E-state index contributed by atoms with van der Waals surface area (Å²) in [5.74, 6) is 1.18. The van der Waals surface area contributed by atoms with E-state index in [9.17, 15) is 8.42 Å². The van der Waals surface area contributed by atoms with Gasteiger partial charge in [0, 0.05) is 27.7 Å². The van der Waals surface area contributed by atoms with Gasteiger partial charge in [-0.05, 0) is 36.2 Å². The Morgan fingerprint density at radius 3 is 2.52 bits per heavy atom. The van der Waals surface area contributed by atoms with Crippen molar-refractivity contribution in [3.8, 4) is 11.5 Å². The Kier molecular flexibility index (Phi) is 7.13.